The van der Waals surface area contributed by atoms with E-state index in [0.717, 1.165) is 24.7 Å². The van der Waals surface area contributed by atoms with Crippen LogP contribution in [0.5, 0.6) is 0 Å². The standard InChI is InChI=1S/C8H17F2O2PS2/c1-5-7(3)14-13(11,12-6-2)15-8(4,9)10/h7H,5-6H2,1-4H3. The van der Waals surface area contributed by atoms with Crippen LogP contribution < -0.4 is 0 Å². The first kappa shape index (κ1) is 15.8. The summed E-state index contributed by atoms with van der Waals surface area (Å²) in [5, 5.41) is -2.97. The van der Waals surface area contributed by atoms with Gasteiger partial charge in [-0.1, -0.05) is 25.2 Å². The van der Waals surface area contributed by atoms with Crippen molar-refractivity contribution in [2.45, 2.75) is 44.6 Å². The molecule has 92 valence electrons. The molecule has 0 spiro atoms. The summed E-state index contributed by atoms with van der Waals surface area (Å²) in [6.45, 7) is 6.34. The van der Waals surface area contributed by atoms with Crippen LogP contribution in [-0.4, -0.2) is 17.1 Å². The van der Waals surface area contributed by atoms with Crippen molar-refractivity contribution in [3.63, 3.8) is 0 Å². The highest BCUT2D eigenvalue weighted by Crippen LogP contribution is 2.74. The molecule has 0 amide bonds. The van der Waals surface area contributed by atoms with E-state index in [9.17, 15) is 13.3 Å². The Morgan fingerprint density at radius 3 is 2.33 bits per heavy atom. The van der Waals surface area contributed by atoms with Crippen LogP contribution in [0.1, 0.15) is 34.1 Å². The molecule has 0 aliphatic rings. The van der Waals surface area contributed by atoms with Gasteiger partial charge in [0.1, 0.15) is 0 Å². The lowest BCUT2D eigenvalue weighted by molar-refractivity contribution is 0.130. The molecule has 0 aromatic carbocycles. The molecule has 0 heterocycles. The minimum Gasteiger partial charge on any atom is -0.314 e. The zero-order valence-electron chi connectivity index (χ0n) is 9.33. The van der Waals surface area contributed by atoms with Crippen molar-refractivity contribution in [2.24, 2.45) is 0 Å². The third kappa shape index (κ3) is 7.61. The van der Waals surface area contributed by atoms with Gasteiger partial charge < -0.3 is 4.52 Å². The van der Waals surface area contributed by atoms with Crippen LogP contribution in [0, 0.1) is 0 Å². The summed E-state index contributed by atoms with van der Waals surface area (Å²) in [5.74, 6) is -3.33. The van der Waals surface area contributed by atoms with Gasteiger partial charge in [-0.05, 0) is 13.3 Å². The fraction of sp³-hybridized carbons (Fsp3) is 1.00. The maximum Gasteiger partial charge on any atom is 0.318 e. The normalized spacial score (nSPS) is 18.5. The van der Waals surface area contributed by atoms with E-state index in [1.54, 1.807) is 6.92 Å². The molecular formula is C8H17F2O2PS2. The first-order chi connectivity index (χ1) is 6.72. The Bertz CT molecular complexity index is 233. The van der Waals surface area contributed by atoms with Crippen LogP contribution in [0.3, 0.4) is 0 Å². The topological polar surface area (TPSA) is 26.3 Å². The zero-order chi connectivity index (χ0) is 12.1. The van der Waals surface area contributed by atoms with Crippen LogP contribution in [0.2, 0.25) is 0 Å². The summed E-state index contributed by atoms with van der Waals surface area (Å²) in [4.78, 5) is 0. The van der Waals surface area contributed by atoms with Gasteiger partial charge >= 0.3 is 5.77 Å². The average Bonchev–Trinajstić information content (AvgIpc) is 2.00. The SMILES string of the molecule is CCOP(=O)(SC(C)CC)SC(C)(F)F. The molecule has 0 bridgehead atoms. The molecule has 0 rings (SSSR count). The Kier molecular flexibility index (Phi) is 6.80. The molecule has 2 unspecified atom stereocenters. The predicted octanol–water partition coefficient (Wildman–Crippen LogP) is 5.01. The minimum absolute atomic E-state index is 0.0530. The Labute approximate surface area is 97.9 Å². The molecule has 0 aromatic heterocycles. The monoisotopic (exact) mass is 278 g/mol. The molecular weight excluding hydrogens is 261 g/mol. The van der Waals surface area contributed by atoms with Gasteiger partial charge in [0.15, 0.2) is 0 Å². The van der Waals surface area contributed by atoms with Gasteiger partial charge in [0.2, 0.25) is 0 Å². The van der Waals surface area contributed by atoms with Crippen LogP contribution in [0.15, 0.2) is 0 Å². The largest absolute Gasteiger partial charge is 0.318 e. The highest BCUT2D eigenvalue weighted by Gasteiger charge is 2.38. The second-order valence-electron chi connectivity index (χ2n) is 3.09. The van der Waals surface area contributed by atoms with Crippen molar-refractivity contribution in [3.8, 4) is 0 Å². The second kappa shape index (κ2) is 6.48. The van der Waals surface area contributed by atoms with Gasteiger partial charge in [-0.2, -0.15) is 8.78 Å². The summed E-state index contributed by atoms with van der Waals surface area (Å²) in [6.07, 6.45) is 0.775. The van der Waals surface area contributed by atoms with E-state index in [4.69, 9.17) is 4.52 Å². The summed E-state index contributed by atoms with van der Waals surface area (Å²) in [5.41, 5.74) is 0. The molecule has 0 aromatic rings. The molecule has 0 aliphatic heterocycles. The summed E-state index contributed by atoms with van der Waals surface area (Å²) in [7, 11) is 0. The van der Waals surface area contributed by atoms with Crippen molar-refractivity contribution < 1.29 is 17.9 Å². The summed E-state index contributed by atoms with van der Waals surface area (Å²) in [6, 6.07) is 0. The highest BCUT2D eigenvalue weighted by molar-refractivity contribution is 8.89. The number of hydrogen-bond acceptors (Lipinski definition) is 4. The van der Waals surface area contributed by atoms with Crippen LogP contribution >= 0.6 is 28.5 Å². The van der Waals surface area contributed by atoms with Crippen LogP contribution in [0.25, 0.3) is 0 Å². The third-order valence-electron chi connectivity index (χ3n) is 1.44. The molecule has 0 N–H and O–H groups in total. The maximum absolute atomic E-state index is 12.8. The van der Waals surface area contributed by atoms with Crippen LogP contribution in [0.4, 0.5) is 8.78 Å². The van der Waals surface area contributed by atoms with Gasteiger partial charge in [0.05, 0.1) is 6.61 Å². The van der Waals surface area contributed by atoms with Crippen molar-refractivity contribution in [1.29, 1.82) is 0 Å². The van der Waals surface area contributed by atoms with Crippen molar-refractivity contribution in [1.82, 2.24) is 0 Å². The van der Waals surface area contributed by atoms with E-state index in [0.29, 0.717) is 0 Å². The fourth-order valence-corrected chi connectivity index (χ4v) is 9.12. The molecule has 0 aliphatic carbocycles. The highest BCUT2D eigenvalue weighted by atomic mass is 33.1. The molecule has 2 nitrogen and oxygen atoms in total. The molecule has 0 saturated heterocycles. The molecule has 0 saturated carbocycles. The molecule has 0 fully saturated rings. The van der Waals surface area contributed by atoms with E-state index < -0.39 is 11.0 Å². The van der Waals surface area contributed by atoms with E-state index in [-0.39, 0.29) is 23.2 Å². The first-order valence-electron chi connectivity index (χ1n) is 4.74. The Morgan fingerprint density at radius 2 is 2.00 bits per heavy atom. The van der Waals surface area contributed by atoms with E-state index in [1.165, 1.54) is 0 Å². The summed E-state index contributed by atoms with van der Waals surface area (Å²) < 4.78 is 42.6. The van der Waals surface area contributed by atoms with Crippen molar-refractivity contribution in [2.75, 3.05) is 6.61 Å². The Morgan fingerprint density at radius 1 is 1.47 bits per heavy atom. The first-order valence-corrected chi connectivity index (χ1v) is 9.27. The molecule has 0 radical (unpaired) electrons. The van der Waals surface area contributed by atoms with E-state index >= 15 is 0 Å². The van der Waals surface area contributed by atoms with E-state index in [2.05, 4.69) is 0 Å². The van der Waals surface area contributed by atoms with Crippen molar-refractivity contribution >= 4 is 28.5 Å². The quantitative estimate of drug-likeness (QED) is 0.611. The fourth-order valence-electron chi connectivity index (χ4n) is 0.728. The number of hydrogen-bond donors (Lipinski definition) is 0. The van der Waals surface area contributed by atoms with Crippen molar-refractivity contribution in [3.05, 3.63) is 0 Å². The Balaban J connectivity index is 4.52. The number of halogens is 2. The number of alkyl halides is 2. The van der Waals surface area contributed by atoms with Gasteiger partial charge in [-0.3, -0.25) is 4.57 Å². The van der Waals surface area contributed by atoms with Gasteiger partial charge in [-0.15, -0.1) is 0 Å². The lowest BCUT2D eigenvalue weighted by Crippen LogP contribution is -2.03. The van der Waals surface area contributed by atoms with Gasteiger partial charge in [0, 0.05) is 23.6 Å². The molecule has 7 heteroatoms. The van der Waals surface area contributed by atoms with Gasteiger partial charge in [-0.25, -0.2) is 0 Å². The second-order valence-corrected chi connectivity index (χ2v) is 10.9. The van der Waals surface area contributed by atoms with E-state index in [1.807, 2.05) is 13.8 Å². The van der Waals surface area contributed by atoms with Crippen LogP contribution in [-0.2, 0) is 9.09 Å². The minimum atomic E-state index is -3.33. The zero-order valence-corrected chi connectivity index (χ0v) is 11.9. The third-order valence-corrected chi connectivity index (χ3v) is 9.08. The smallest absolute Gasteiger partial charge is 0.314 e. The number of rotatable bonds is 7. The maximum atomic E-state index is 12.8. The molecule has 2 atom stereocenters. The summed E-state index contributed by atoms with van der Waals surface area (Å²) >= 11 is 1.15. The Hall–Kier alpha value is 0.750. The molecule has 15 heavy (non-hydrogen) atoms. The lowest BCUT2D eigenvalue weighted by Gasteiger charge is -2.21. The predicted molar refractivity (Wildman–Crippen MR) is 64.8 cm³/mol. The average molecular weight is 278 g/mol. The lowest BCUT2D eigenvalue weighted by atomic mass is 10.4. The van der Waals surface area contributed by atoms with Gasteiger partial charge in [0.25, 0.3) is 5.25 Å².